The van der Waals surface area contributed by atoms with E-state index in [0.717, 1.165) is 0 Å². The van der Waals surface area contributed by atoms with Gasteiger partial charge in [0.1, 0.15) is 6.29 Å². The van der Waals surface area contributed by atoms with Gasteiger partial charge in [0, 0.05) is 0 Å². The van der Waals surface area contributed by atoms with Gasteiger partial charge in [-0.1, -0.05) is 0 Å². The molecule has 0 spiro atoms. The van der Waals surface area contributed by atoms with Gasteiger partial charge in [-0.2, -0.15) is 0 Å². The van der Waals surface area contributed by atoms with Crippen LogP contribution in [-0.2, 0) is 4.79 Å². The summed E-state index contributed by atoms with van der Waals surface area (Å²) in [4.78, 5) is 9.38. The van der Waals surface area contributed by atoms with Gasteiger partial charge in [0.15, 0.2) is 0 Å². The largest absolute Gasteiger partial charge is 0.322 e. The van der Waals surface area contributed by atoms with Gasteiger partial charge in [0.05, 0.1) is 6.04 Å². The van der Waals surface area contributed by atoms with Crippen LogP contribution >= 0.6 is 24.8 Å². The zero-order valence-electron chi connectivity index (χ0n) is 3.96. The Balaban J connectivity index is -0.0000000800. The number of hydrogen-bond acceptors (Lipinski definition) is 2. The van der Waals surface area contributed by atoms with Gasteiger partial charge in [-0.25, -0.2) is 0 Å². The van der Waals surface area contributed by atoms with E-state index < -0.39 is 0 Å². The first-order chi connectivity index (χ1) is 2.27. The zero-order valence-corrected chi connectivity index (χ0v) is 5.59. The topological polar surface area (TPSA) is 43.1 Å². The monoisotopic (exact) mass is 145 g/mol. The molecular formula is C3H9Cl2NO. The summed E-state index contributed by atoms with van der Waals surface area (Å²) in [6.45, 7) is 1.63. The van der Waals surface area contributed by atoms with E-state index in [1.165, 1.54) is 0 Å². The Morgan fingerprint density at radius 2 is 1.71 bits per heavy atom. The standard InChI is InChI=1S/C3H7NO.2ClH/c1-3(4)2-5;;/h2-3H,4H2,1H3;2*1H/t3-;;/m0../s1. The number of carbonyl (C=O) groups excluding carboxylic acids is 1. The summed E-state index contributed by atoms with van der Waals surface area (Å²) in [5.41, 5.74) is 4.92. The minimum Gasteiger partial charge on any atom is -0.322 e. The summed E-state index contributed by atoms with van der Waals surface area (Å²) in [5, 5.41) is 0. The van der Waals surface area contributed by atoms with E-state index >= 15 is 0 Å². The van der Waals surface area contributed by atoms with Gasteiger partial charge >= 0.3 is 0 Å². The van der Waals surface area contributed by atoms with Gasteiger partial charge in [-0.05, 0) is 6.92 Å². The number of carbonyl (C=O) groups is 1. The molecule has 0 aromatic heterocycles. The molecule has 0 unspecified atom stereocenters. The van der Waals surface area contributed by atoms with Gasteiger partial charge in [0.2, 0.25) is 0 Å². The van der Waals surface area contributed by atoms with Crippen LogP contribution in [0.4, 0.5) is 0 Å². The molecule has 0 radical (unpaired) electrons. The van der Waals surface area contributed by atoms with Crippen molar-refractivity contribution in [2.24, 2.45) is 5.73 Å². The summed E-state index contributed by atoms with van der Waals surface area (Å²) in [5.74, 6) is 0. The Labute approximate surface area is 55.3 Å². The molecule has 0 saturated heterocycles. The van der Waals surface area contributed by atoms with Crippen molar-refractivity contribution in [2.45, 2.75) is 13.0 Å². The molecule has 0 aliphatic heterocycles. The van der Waals surface area contributed by atoms with Crippen molar-refractivity contribution >= 4 is 31.1 Å². The van der Waals surface area contributed by atoms with Crippen LogP contribution in [0.2, 0.25) is 0 Å². The minimum absolute atomic E-state index is 0. The highest BCUT2D eigenvalue weighted by molar-refractivity contribution is 5.85. The van der Waals surface area contributed by atoms with E-state index in [0.29, 0.717) is 6.29 Å². The summed E-state index contributed by atoms with van der Waals surface area (Å²) >= 11 is 0. The Bertz CT molecular complexity index is 39.9. The summed E-state index contributed by atoms with van der Waals surface area (Å²) in [7, 11) is 0. The lowest BCUT2D eigenvalue weighted by molar-refractivity contribution is -0.108. The van der Waals surface area contributed by atoms with E-state index in [1.807, 2.05) is 0 Å². The van der Waals surface area contributed by atoms with E-state index in [-0.39, 0.29) is 30.9 Å². The third-order valence-corrected chi connectivity index (χ3v) is 0.215. The molecule has 0 fully saturated rings. The van der Waals surface area contributed by atoms with Crippen molar-refractivity contribution in [3.8, 4) is 0 Å². The Morgan fingerprint density at radius 1 is 1.57 bits per heavy atom. The predicted octanol–water partition coefficient (Wildman–Crippen LogP) is 0.376. The smallest absolute Gasteiger partial charge is 0.136 e. The molecule has 0 heterocycles. The van der Waals surface area contributed by atoms with Gasteiger partial charge in [0.25, 0.3) is 0 Å². The lowest BCUT2D eigenvalue weighted by Gasteiger charge is -1.80. The van der Waals surface area contributed by atoms with E-state index in [1.54, 1.807) is 6.92 Å². The molecule has 46 valence electrons. The molecule has 0 saturated carbocycles. The third kappa shape index (κ3) is 22.5. The molecule has 4 heteroatoms. The lowest BCUT2D eigenvalue weighted by atomic mass is 10.4. The van der Waals surface area contributed by atoms with Crippen molar-refractivity contribution in [3.05, 3.63) is 0 Å². The van der Waals surface area contributed by atoms with Crippen molar-refractivity contribution in [2.75, 3.05) is 0 Å². The number of hydrogen-bond donors (Lipinski definition) is 1. The predicted molar refractivity (Wildman–Crippen MR) is 34.2 cm³/mol. The second kappa shape index (κ2) is 9.51. The van der Waals surface area contributed by atoms with Crippen LogP contribution in [0.5, 0.6) is 0 Å². The average molecular weight is 146 g/mol. The molecular weight excluding hydrogens is 137 g/mol. The Kier molecular flexibility index (Phi) is 21.3. The molecule has 0 rings (SSSR count). The van der Waals surface area contributed by atoms with E-state index in [2.05, 4.69) is 0 Å². The van der Waals surface area contributed by atoms with Crippen LogP contribution in [0.15, 0.2) is 0 Å². The molecule has 0 aromatic rings. The van der Waals surface area contributed by atoms with E-state index in [9.17, 15) is 4.79 Å². The fourth-order valence-electron chi connectivity index (χ4n) is 0. The van der Waals surface area contributed by atoms with Crippen molar-refractivity contribution in [1.82, 2.24) is 0 Å². The third-order valence-electron chi connectivity index (χ3n) is 0.215. The normalized spacial score (nSPS) is 10.0. The zero-order chi connectivity index (χ0) is 4.28. The van der Waals surface area contributed by atoms with Gasteiger partial charge in [-0.15, -0.1) is 24.8 Å². The summed E-state index contributed by atoms with van der Waals surface area (Å²) in [6.07, 6.45) is 0.694. The van der Waals surface area contributed by atoms with Gasteiger partial charge < -0.3 is 10.5 Å². The maximum absolute atomic E-state index is 9.38. The maximum atomic E-state index is 9.38. The first-order valence-electron chi connectivity index (χ1n) is 1.48. The molecule has 0 bridgehead atoms. The number of rotatable bonds is 1. The summed E-state index contributed by atoms with van der Waals surface area (Å²) in [6, 6.07) is -0.296. The molecule has 0 aliphatic carbocycles. The highest BCUT2D eigenvalue weighted by Gasteiger charge is 1.79. The second-order valence-corrected chi connectivity index (χ2v) is 0.995. The van der Waals surface area contributed by atoms with Crippen molar-refractivity contribution in [1.29, 1.82) is 0 Å². The molecule has 0 aromatic carbocycles. The maximum Gasteiger partial charge on any atom is 0.136 e. The van der Waals surface area contributed by atoms with E-state index in [4.69, 9.17) is 5.73 Å². The fraction of sp³-hybridized carbons (Fsp3) is 0.667. The molecule has 0 aliphatic rings. The highest BCUT2D eigenvalue weighted by Crippen LogP contribution is 1.55. The highest BCUT2D eigenvalue weighted by atomic mass is 35.5. The van der Waals surface area contributed by atoms with Crippen LogP contribution in [0.25, 0.3) is 0 Å². The SMILES string of the molecule is C[C@H](N)C=O.Cl.Cl. The van der Waals surface area contributed by atoms with Crippen molar-refractivity contribution < 1.29 is 4.79 Å². The Morgan fingerprint density at radius 3 is 1.71 bits per heavy atom. The molecule has 0 amide bonds. The average Bonchev–Trinajstić information content (AvgIpc) is 1.38. The lowest BCUT2D eigenvalue weighted by Crippen LogP contribution is -2.15. The first kappa shape index (κ1) is 15.7. The number of halogens is 2. The number of aldehydes is 1. The Hall–Kier alpha value is 0.210. The second-order valence-electron chi connectivity index (χ2n) is 0.995. The summed E-state index contributed by atoms with van der Waals surface area (Å²) < 4.78 is 0. The van der Waals surface area contributed by atoms with Crippen LogP contribution in [0.1, 0.15) is 6.92 Å². The minimum atomic E-state index is -0.296. The quantitative estimate of drug-likeness (QED) is 0.543. The van der Waals surface area contributed by atoms with Gasteiger partial charge in [-0.3, -0.25) is 0 Å². The molecule has 2 N–H and O–H groups in total. The van der Waals surface area contributed by atoms with Crippen LogP contribution in [0.3, 0.4) is 0 Å². The van der Waals surface area contributed by atoms with Crippen LogP contribution < -0.4 is 5.73 Å². The van der Waals surface area contributed by atoms with Crippen molar-refractivity contribution in [3.63, 3.8) is 0 Å². The van der Waals surface area contributed by atoms with Crippen LogP contribution in [0, 0.1) is 0 Å². The molecule has 2 nitrogen and oxygen atoms in total. The molecule has 1 atom stereocenters. The fourth-order valence-corrected chi connectivity index (χ4v) is 0. The number of nitrogens with two attached hydrogens (primary N) is 1. The molecule has 7 heavy (non-hydrogen) atoms. The first-order valence-corrected chi connectivity index (χ1v) is 1.48. The van der Waals surface area contributed by atoms with Crippen LogP contribution in [-0.4, -0.2) is 12.3 Å².